The monoisotopic (exact) mass is 354 g/mol. The van der Waals surface area contributed by atoms with Gasteiger partial charge < -0.3 is 15.0 Å². The average Bonchev–Trinajstić information content (AvgIpc) is 3.25. The smallest absolute Gasteiger partial charge is 0.222 e. The first kappa shape index (κ1) is 17.1. The fraction of sp³-hybridized carbons (Fsp3) is 0.500. The molecule has 1 aromatic carbocycles. The van der Waals surface area contributed by atoms with E-state index in [4.69, 9.17) is 4.74 Å². The molecule has 1 atom stereocenters. The van der Waals surface area contributed by atoms with Crippen molar-refractivity contribution in [3.8, 4) is 16.9 Å². The molecule has 1 N–H and O–H groups in total. The molecule has 1 aromatic heterocycles. The summed E-state index contributed by atoms with van der Waals surface area (Å²) in [6.07, 6.45) is 5.65. The number of hydrogen-bond donors (Lipinski definition) is 1. The standard InChI is InChI=1S/C20H26N4O2/c1-23-11-16(10-22-23)18-8-15(3-4-19(18)26-2)17-12-24(13-17)20(25)7-14-5-6-21-9-14/h3-4,8,10-11,14,17,21H,5-7,9,12-13H2,1-2H3. The zero-order chi connectivity index (χ0) is 18.1. The molecule has 3 heterocycles. The van der Waals surface area contributed by atoms with Crippen LogP contribution in [-0.4, -0.2) is 53.9 Å². The van der Waals surface area contributed by atoms with E-state index in [0.717, 1.165) is 49.5 Å². The summed E-state index contributed by atoms with van der Waals surface area (Å²) < 4.78 is 7.32. The van der Waals surface area contributed by atoms with Crippen molar-refractivity contribution in [1.29, 1.82) is 0 Å². The number of rotatable bonds is 5. The Hall–Kier alpha value is -2.34. The zero-order valence-corrected chi connectivity index (χ0v) is 15.4. The number of nitrogens with zero attached hydrogens (tertiary/aromatic N) is 3. The highest BCUT2D eigenvalue weighted by molar-refractivity contribution is 5.78. The van der Waals surface area contributed by atoms with Gasteiger partial charge in [0.1, 0.15) is 5.75 Å². The maximum atomic E-state index is 12.4. The fourth-order valence-electron chi connectivity index (χ4n) is 3.92. The first-order valence-electron chi connectivity index (χ1n) is 9.29. The van der Waals surface area contributed by atoms with Crippen LogP contribution in [0.15, 0.2) is 30.6 Å². The van der Waals surface area contributed by atoms with Crippen LogP contribution < -0.4 is 10.1 Å². The van der Waals surface area contributed by atoms with Crippen LogP contribution in [0.5, 0.6) is 5.75 Å². The summed E-state index contributed by atoms with van der Waals surface area (Å²) in [6, 6.07) is 6.32. The van der Waals surface area contributed by atoms with E-state index < -0.39 is 0 Å². The van der Waals surface area contributed by atoms with E-state index in [2.05, 4.69) is 22.5 Å². The average molecular weight is 354 g/mol. The Labute approximate surface area is 154 Å². The molecule has 2 aliphatic rings. The van der Waals surface area contributed by atoms with Crippen LogP contribution in [0.2, 0.25) is 0 Å². The highest BCUT2D eigenvalue weighted by Gasteiger charge is 2.33. The lowest BCUT2D eigenvalue weighted by molar-refractivity contribution is -0.136. The SMILES string of the molecule is COc1ccc(C2CN(C(=O)CC3CCNC3)C2)cc1-c1cnn(C)c1. The zero-order valence-electron chi connectivity index (χ0n) is 15.4. The fourth-order valence-corrected chi connectivity index (χ4v) is 3.92. The van der Waals surface area contributed by atoms with E-state index in [1.54, 1.807) is 11.8 Å². The summed E-state index contributed by atoms with van der Waals surface area (Å²) >= 11 is 0. The van der Waals surface area contributed by atoms with Crippen LogP contribution >= 0.6 is 0 Å². The predicted molar refractivity (Wildman–Crippen MR) is 100 cm³/mol. The van der Waals surface area contributed by atoms with Gasteiger partial charge in [-0.15, -0.1) is 0 Å². The Morgan fingerprint density at radius 1 is 1.38 bits per heavy atom. The highest BCUT2D eigenvalue weighted by Crippen LogP contribution is 2.36. The molecule has 26 heavy (non-hydrogen) atoms. The Morgan fingerprint density at radius 2 is 2.23 bits per heavy atom. The molecule has 1 unspecified atom stereocenters. The molecule has 0 radical (unpaired) electrons. The lowest BCUT2D eigenvalue weighted by Crippen LogP contribution is -2.48. The van der Waals surface area contributed by atoms with Gasteiger partial charge >= 0.3 is 0 Å². The van der Waals surface area contributed by atoms with Crippen LogP contribution in [0.1, 0.15) is 24.3 Å². The number of aryl methyl sites for hydroxylation is 1. The second kappa shape index (κ2) is 7.11. The van der Waals surface area contributed by atoms with E-state index in [1.807, 2.05) is 30.4 Å². The number of nitrogens with one attached hydrogen (secondary N) is 1. The Morgan fingerprint density at radius 3 is 2.88 bits per heavy atom. The van der Waals surface area contributed by atoms with Crippen molar-refractivity contribution >= 4 is 5.91 Å². The van der Waals surface area contributed by atoms with E-state index >= 15 is 0 Å². The summed E-state index contributed by atoms with van der Waals surface area (Å²) in [7, 11) is 3.60. The molecule has 2 saturated heterocycles. The van der Waals surface area contributed by atoms with Crippen molar-refractivity contribution in [2.45, 2.75) is 18.8 Å². The molecule has 138 valence electrons. The van der Waals surface area contributed by atoms with Crippen molar-refractivity contribution in [2.24, 2.45) is 13.0 Å². The summed E-state index contributed by atoms with van der Waals surface area (Å²) in [6.45, 7) is 3.66. The van der Waals surface area contributed by atoms with Gasteiger partial charge in [-0.1, -0.05) is 6.07 Å². The molecular weight excluding hydrogens is 328 g/mol. The lowest BCUT2D eigenvalue weighted by atomic mass is 9.88. The summed E-state index contributed by atoms with van der Waals surface area (Å²) in [4.78, 5) is 14.4. The number of likely N-dealkylation sites (tertiary alicyclic amines) is 1. The van der Waals surface area contributed by atoms with Gasteiger partial charge in [0.25, 0.3) is 0 Å². The Kier molecular flexibility index (Phi) is 4.68. The third kappa shape index (κ3) is 3.33. The second-order valence-electron chi connectivity index (χ2n) is 7.42. The number of benzene rings is 1. The lowest BCUT2D eigenvalue weighted by Gasteiger charge is -2.40. The minimum Gasteiger partial charge on any atom is -0.496 e. The van der Waals surface area contributed by atoms with Crippen molar-refractivity contribution in [3.05, 3.63) is 36.2 Å². The summed E-state index contributed by atoms with van der Waals surface area (Å²) in [5.41, 5.74) is 3.36. The number of methoxy groups -OCH3 is 1. The number of amides is 1. The number of carbonyl (C=O) groups excluding carboxylic acids is 1. The van der Waals surface area contributed by atoms with Gasteiger partial charge in [-0.25, -0.2) is 0 Å². The van der Waals surface area contributed by atoms with Crippen molar-refractivity contribution < 1.29 is 9.53 Å². The molecule has 0 bridgehead atoms. The molecule has 2 aliphatic heterocycles. The van der Waals surface area contributed by atoms with E-state index in [9.17, 15) is 4.79 Å². The van der Waals surface area contributed by atoms with Crippen LogP contribution in [0.4, 0.5) is 0 Å². The van der Waals surface area contributed by atoms with Crippen molar-refractivity contribution in [2.75, 3.05) is 33.3 Å². The molecule has 1 amide bonds. The highest BCUT2D eigenvalue weighted by atomic mass is 16.5. The molecule has 6 nitrogen and oxygen atoms in total. The van der Waals surface area contributed by atoms with Crippen molar-refractivity contribution in [1.82, 2.24) is 20.0 Å². The maximum absolute atomic E-state index is 12.4. The summed E-state index contributed by atoms with van der Waals surface area (Å²) in [5.74, 6) is 2.07. The maximum Gasteiger partial charge on any atom is 0.222 e. The third-order valence-electron chi connectivity index (χ3n) is 5.57. The van der Waals surface area contributed by atoms with E-state index in [-0.39, 0.29) is 0 Å². The topological polar surface area (TPSA) is 59.4 Å². The molecular formula is C20H26N4O2. The van der Waals surface area contributed by atoms with E-state index in [1.165, 1.54) is 5.56 Å². The quantitative estimate of drug-likeness (QED) is 0.892. The minimum atomic E-state index is 0.302. The van der Waals surface area contributed by atoms with Gasteiger partial charge in [-0.3, -0.25) is 9.48 Å². The molecule has 2 aromatic rings. The molecule has 2 fully saturated rings. The van der Waals surface area contributed by atoms with Crippen molar-refractivity contribution in [3.63, 3.8) is 0 Å². The van der Waals surface area contributed by atoms with Crippen LogP contribution in [0.3, 0.4) is 0 Å². The number of carbonyl (C=O) groups is 1. The normalized spacial score (nSPS) is 20.2. The number of aromatic nitrogens is 2. The summed E-state index contributed by atoms with van der Waals surface area (Å²) in [5, 5.41) is 7.60. The molecule has 0 saturated carbocycles. The first-order valence-corrected chi connectivity index (χ1v) is 9.29. The van der Waals surface area contributed by atoms with Gasteiger partial charge in [0, 0.05) is 49.8 Å². The van der Waals surface area contributed by atoms with Crippen LogP contribution in [0, 0.1) is 5.92 Å². The van der Waals surface area contributed by atoms with E-state index in [0.29, 0.717) is 24.2 Å². The molecule has 6 heteroatoms. The van der Waals surface area contributed by atoms with Gasteiger partial charge in [0.15, 0.2) is 0 Å². The molecule has 0 aliphatic carbocycles. The van der Waals surface area contributed by atoms with Gasteiger partial charge in [-0.05, 0) is 43.1 Å². The predicted octanol–water partition coefficient (Wildman–Crippen LogP) is 2.02. The molecule has 4 rings (SSSR count). The number of ether oxygens (including phenoxy) is 1. The minimum absolute atomic E-state index is 0.302. The van der Waals surface area contributed by atoms with Crippen LogP contribution in [0.25, 0.3) is 11.1 Å². The van der Waals surface area contributed by atoms with Gasteiger partial charge in [-0.2, -0.15) is 5.10 Å². The Balaban J connectivity index is 1.43. The third-order valence-corrected chi connectivity index (χ3v) is 5.57. The van der Waals surface area contributed by atoms with Gasteiger partial charge in [0.05, 0.1) is 13.3 Å². The number of hydrogen-bond acceptors (Lipinski definition) is 4. The molecule has 0 spiro atoms. The second-order valence-corrected chi connectivity index (χ2v) is 7.42. The van der Waals surface area contributed by atoms with Gasteiger partial charge in [0.2, 0.25) is 5.91 Å². The van der Waals surface area contributed by atoms with Crippen LogP contribution in [-0.2, 0) is 11.8 Å². The largest absolute Gasteiger partial charge is 0.496 e. The first-order chi connectivity index (χ1) is 12.6. The Bertz CT molecular complexity index is 789.